The number of nitrogens with zero attached hydrogens (tertiary/aromatic N) is 2. The first-order valence-corrected chi connectivity index (χ1v) is 8.18. The van der Waals surface area contributed by atoms with Crippen molar-refractivity contribution in [3.05, 3.63) is 40.3 Å². The van der Waals surface area contributed by atoms with E-state index in [2.05, 4.69) is 17.1 Å². The summed E-state index contributed by atoms with van der Waals surface area (Å²) in [6, 6.07) is 7.35. The lowest BCUT2D eigenvalue weighted by molar-refractivity contribution is 0.102. The predicted octanol–water partition coefficient (Wildman–Crippen LogP) is 3.93. The molecule has 0 aliphatic rings. The quantitative estimate of drug-likeness (QED) is 0.506. The fourth-order valence-electron chi connectivity index (χ4n) is 1.68. The van der Waals surface area contributed by atoms with Crippen molar-refractivity contribution in [2.24, 2.45) is 0 Å². The van der Waals surface area contributed by atoms with Crippen LogP contribution in [0.1, 0.15) is 21.5 Å². The van der Waals surface area contributed by atoms with E-state index in [1.54, 1.807) is 12.1 Å². The molecular formula is C14H12N2O3S2. The SMILES string of the molecule is CCc1ccc(C(=O)CSc2nnc(-c3ccco3)o2)s1. The summed E-state index contributed by atoms with van der Waals surface area (Å²) >= 11 is 2.77. The van der Waals surface area contributed by atoms with Gasteiger partial charge in [0.05, 0.1) is 16.9 Å². The van der Waals surface area contributed by atoms with Gasteiger partial charge in [-0.1, -0.05) is 18.7 Å². The third-order valence-electron chi connectivity index (χ3n) is 2.75. The van der Waals surface area contributed by atoms with Crippen molar-refractivity contribution < 1.29 is 13.6 Å². The van der Waals surface area contributed by atoms with Crippen LogP contribution in [0.3, 0.4) is 0 Å². The maximum absolute atomic E-state index is 12.1. The minimum absolute atomic E-state index is 0.0717. The van der Waals surface area contributed by atoms with Crippen LogP contribution in [0.4, 0.5) is 0 Å². The Balaban J connectivity index is 1.61. The predicted molar refractivity (Wildman–Crippen MR) is 80.8 cm³/mol. The lowest BCUT2D eigenvalue weighted by atomic mass is 10.3. The number of thiophene rings is 1. The number of ketones is 1. The van der Waals surface area contributed by atoms with E-state index in [4.69, 9.17) is 8.83 Å². The van der Waals surface area contributed by atoms with Crippen molar-refractivity contribution in [1.29, 1.82) is 0 Å². The molecule has 21 heavy (non-hydrogen) atoms. The molecule has 0 aromatic carbocycles. The molecule has 108 valence electrons. The Hall–Kier alpha value is -1.86. The fraction of sp³-hybridized carbons (Fsp3) is 0.214. The van der Waals surface area contributed by atoms with Crippen LogP contribution in [-0.2, 0) is 6.42 Å². The summed E-state index contributed by atoms with van der Waals surface area (Å²) in [5.41, 5.74) is 0. The number of hydrogen-bond donors (Lipinski definition) is 0. The van der Waals surface area contributed by atoms with Gasteiger partial charge in [-0.15, -0.1) is 21.5 Å². The fourth-order valence-corrected chi connectivity index (χ4v) is 3.31. The summed E-state index contributed by atoms with van der Waals surface area (Å²) in [6.45, 7) is 2.07. The second kappa shape index (κ2) is 6.28. The monoisotopic (exact) mass is 320 g/mol. The molecule has 3 aromatic rings. The van der Waals surface area contributed by atoms with E-state index in [1.807, 2.05) is 12.1 Å². The highest BCUT2D eigenvalue weighted by Gasteiger charge is 2.14. The molecule has 0 saturated heterocycles. The largest absolute Gasteiger partial charge is 0.459 e. The molecule has 0 unspecified atom stereocenters. The zero-order valence-corrected chi connectivity index (χ0v) is 12.9. The van der Waals surface area contributed by atoms with Crippen LogP contribution in [0, 0.1) is 0 Å². The van der Waals surface area contributed by atoms with Crippen molar-refractivity contribution in [1.82, 2.24) is 10.2 Å². The van der Waals surface area contributed by atoms with Crippen molar-refractivity contribution in [3.8, 4) is 11.7 Å². The first-order valence-electron chi connectivity index (χ1n) is 6.38. The highest BCUT2D eigenvalue weighted by atomic mass is 32.2. The molecule has 0 amide bonds. The highest BCUT2D eigenvalue weighted by Crippen LogP contribution is 2.25. The van der Waals surface area contributed by atoms with Gasteiger partial charge in [-0.3, -0.25) is 4.79 Å². The summed E-state index contributed by atoms with van der Waals surface area (Å²) in [7, 11) is 0. The number of thioether (sulfide) groups is 1. The lowest BCUT2D eigenvalue weighted by Gasteiger charge is -1.94. The summed E-state index contributed by atoms with van der Waals surface area (Å²) in [4.78, 5) is 14.0. The molecule has 0 saturated carbocycles. The van der Waals surface area contributed by atoms with Crippen LogP contribution >= 0.6 is 23.1 Å². The van der Waals surface area contributed by atoms with Gasteiger partial charge in [-0.05, 0) is 30.7 Å². The summed E-state index contributed by atoms with van der Waals surface area (Å²) in [6.07, 6.45) is 2.49. The van der Waals surface area contributed by atoms with Gasteiger partial charge >= 0.3 is 0 Å². The first-order chi connectivity index (χ1) is 10.3. The Labute approximate surface area is 129 Å². The number of hydrogen-bond acceptors (Lipinski definition) is 7. The smallest absolute Gasteiger partial charge is 0.284 e. The Morgan fingerprint density at radius 1 is 1.33 bits per heavy atom. The molecule has 0 aliphatic heterocycles. The van der Waals surface area contributed by atoms with Gasteiger partial charge in [0.15, 0.2) is 11.5 Å². The molecule has 0 fully saturated rings. The Morgan fingerprint density at radius 3 is 2.95 bits per heavy atom. The van der Waals surface area contributed by atoms with Crippen LogP contribution in [-0.4, -0.2) is 21.7 Å². The standard InChI is InChI=1S/C14H12N2O3S2/c1-2-9-5-6-12(21-9)10(17)8-20-14-16-15-13(19-14)11-4-3-7-18-11/h3-7H,2,8H2,1H3. The van der Waals surface area contributed by atoms with Crippen molar-refractivity contribution in [2.45, 2.75) is 18.6 Å². The molecule has 5 nitrogen and oxygen atoms in total. The average Bonchev–Trinajstić information content (AvgIpc) is 3.24. The zero-order valence-electron chi connectivity index (χ0n) is 11.2. The second-order valence-electron chi connectivity index (χ2n) is 4.18. The van der Waals surface area contributed by atoms with Crippen molar-refractivity contribution in [2.75, 3.05) is 5.75 Å². The van der Waals surface area contributed by atoms with Gasteiger partial charge in [0.25, 0.3) is 11.1 Å². The number of Topliss-reactive ketones (excluding diaryl/α,β-unsaturated/α-hetero) is 1. The molecule has 3 heterocycles. The number of rotatable bonds is 6. The molecule has 0 N–H and O–H groups in total. The topological polar surface area (TPSA) is 69.1 Å². The van der Waals surface area contributed by atoms with Crippen molar-refractivity contribution in [3.63, 3.8) is 0 Å². The number of furan rings is 1. The van der Waals surface area contributed by atoms with Crippen LogP contribution in [0.25, 0.3) is 11.7 Å². The van der Waals surface area contributed by atoms with E-state index >= 15 is 0 Å². The van der Waals surface area contributed by atoms with Crippen LogP contribution < -0.4 is 0 Å². The molecule has 0 bridgehead atoms. The number of carbonyl (C=O) groups is 1. The number of carbonyl (C=O) groups excluding carboxylic acids is 1. The molecule has 0 radical (unpaired) electrons. The Morgan fingerprint density at radius 2 is 2.24 bits per heavy atom. The summed E-state index contributed by atoms with van der Waals surface area (Å²) < 4.78 is 10.6. The maximum atomic E-state index is 12.1. The Kier molecular flexibility index (Phi) is 4.21. The second-order valence-corrected chi connectivity index (χ2v) is 6.28. The van der Waals surface area contributed by atoms with Gasteiger partial charge in [0, 0.05) is 4.88 Å². The Bertz CT molecular complexity index is 731. The van der Waals surface area contributed by atoms with Crippen LogP contribution in [0.5, 0.6) is 0 Å². The van der Waals surface area contributed by atoms with E-state index in [0.29, 0.717) is 16.9 Å². The molecule has 3 aromatic heterocycles. The normalized spacial score (nSPS) is 10.9. The van der Waals surface area contributed by atoms with E-state index in [-0.39, 0.29) is 11.5 Å². The molecule has 0 spiro atoms. The van der Waals surface area contributed by atoms with Gasteiger partial charge in [0.1, 0.15) is 0 Å². The van der Waals surface area contributed by atoms with Gasteiger partial charge in [-0.25, -0.2) is 0 Å². The zero-order chi connectivity index (χ0) is 14.7. The number of aromatic nitrogens is 2. The lowest BCUT2D eigenvalue weighted by Crippen LogP contribution is -1.99. The van der Waals surface area contributed by atoms with E-state index < -0.39 is 0 Å². The van der Waals surface area contributed by atoms with E-state index in [1.165, 1.54) is 34.2 Å². The minimum Gasteiger partial charge on any atom is -0.459 e. The van der Waals surface area contributed by atoms with Crippen molar-refractivity contribution >= 4 is 28.9 Å². The third kappa shape index (κ3) is 3.25. The summed E-state index contributed by atoms with van der Waals surface area (Å²) in [5, 5.41) is 8.15. The van der Waals surface area contributed by atoms with E-state index in [9.17, 15) is 4.79 Å². The number of aryl methyl sites for hydroxylation is 1. The molecule has 0 atom stereocenters. The minimum atomic E-state index is 0.0717. The van der Waals surface area contributed by atoms with Crippen LogP contribution in [0.15, 0.2) is 44.6 Å². The molecular weight excluding hydrogens is 308 g/mol. The van der Waals surface area contributed by atoms with Gasteiger partial charge in [-0.2, -0.15) is 0 Å². The molecule has 7 heteroatoms. The van der Waals surface area contributed by atoms with Gasteiger partial charge < -0.3 is 8.83 Å². The average molecular weight is 320 g/mol. The first kappa shape index (κ1) is 14.1. The van der Waals surface area contributed by atoms with Crippen LogP contribution in [0.2, 0.25) is 0 Å². The van der Waals surface area contributed by atoms with Gasteiger partial charge in [0.2, 0.25) is 0 Å². The maximum Gasteiger partial charge on any atom is 0.284 e. The highest BCUT2D eigenvalue weighted by molar-refractivity contribution is 7.99. The summed E-state index contributed by atoms with van der Waals surface area (Å²) in [5.74, 6) is 1.19. The molecule has 3 rings (SSSR count). The molecule has 0 aliphatic carbocycles. The third-order valence-corrected chi connectivity index (χ3v) is 4.84. The van der Waals surface area contributed by atoms with E-state index in [0.717, 1.165) is 11.3 Å².